The average Bonchev–Trinajstić information content (AvgIpc) is 3.06. The maximum atomic E-state index is 5.56. The van der Waals surface area contributed by atoms with Crippen molar-refractivity contribution in [2.45, 2.75) is 39.7 Å². The molecule has 0 atom stereocenters. The minimum Gasteiger partial charge on any atom is -0.454 e. The molecule has 6 nitrogen and oxygen atoms in total. The van der Waals surface area contributed by atoms with E-state index < -0.39 is 0 Å². The predicted molar refractivity (Wildman–Crippen MR) is 111 cm³/mol. The maximum Gasteiger partial charge on any atom is 0.231 e. The molecule has 0 unspecified atom stereocenters. The molecule has 0 radical (unpaired) electrons. The second-order valence-corrected chi connectivity index (χ2v) is 5.63. The highest BCUT2D eigenvalue weighted by atomic mass is 127. The Hall–Kier alpha value is -1.22. The summed E-state index contributed by atoms with van der Waals surface area (Å²) in [7, 11) is 0. The lowest BCUT2D eigenvalue weighted by molar-refractivity contribution is 0.129. The SMILES string of the molecule is CCCCOCCCNC(=NCc1ccc2c(c1)OCO2)NCC.I. The Bertz CT molecular complexity index is 526. The van der Waals surface area contributed by atoms with E-state index >= 15 is 0 Å². The zero-order chi connectivity index (χ0) is 17.0. The number of nitrogens with zero attached hydrogens (tertiary/aromatic N) is 1. The third-order valence-corrected chi connectivity index (χ3v) is 3.60. The molecule has 0 aromatic heterocycles. The van der Waals surface area contributed by atoms with Gasteiger partial charge in [-0.25, -0.2) is 4.99 Å². The molecule has 1 heterocycles. The second kappa shape index (κ2) is 13.0. The summed E-state index contributed by atoms with van der Waals surface area (Å²) in [5, 5.41) is 6.60. The largest absolute Gasteiger partial charge is 0.454 e. The number of ether oxygens (including phenoxy) is 3. The van der Waals surface area contributed by atoms with Gasteiger partial charge in [0.25, 0.3) is 0 Å². The molecule has 1 aliphatic heterocycles. The van der Waals surface area contributed by atoms with E-state index in [-0.39, 0.29) is 24.0 Å². The summed E-state index contributed by atoms with van der Waals surface area (Å²) in [6.07, 6.45) is 3.28. The molecular formula is C18H30IN3O3. The Kier molecular flexibility index (Phi) is 11.4. The molecular weight excluding hydrogens is 433 g/mol. The number of hydrogen-bond donors (Lipinski definition) is 2. The highest BCUT2D eigenvalue weighted by molar-refractivity contribution is 14.0. The highest BCUT2D eigenvalue weighted by Gasteiger charge is 2.12. The fourth-order valence-electron chi connectivity index (χ4n) is 2.28. The van der Waals surface area contributed by atoms with Crippen molar-refractivity contribution in [2.24, 2.45) is 4.99 Å². The van der Waals surface area contributed by atoms with Crippen molar-refractivity contribution in [3.63, 3.8) is 0 Å². The van der Waals surface area contributed by atoms with Gasteiger partial charge in [0.15, 0.2) is 17.5 Å². The Morgan fingerprint density at radius 1 is 1.12 bits per heavy atom. The van der Waals surface area contributed by atoms with E-state index in [9.17, 15) is 0 Å². The van der Waals surface area contributed by atoms with Crippen LogP contribution in [0.25, 0.3) is 0 Å². The van der Waals surface area contributed by atoms with Crippen LogP contribution in [-0.4, -0.2) is 39.1 Å². The number of hydrogen-bond acceptors (Lipinski definition) is 4. The molecule has 1 aromatic carbocycles. The van der Waals surface area contributed by atoms with E-state index in [1.807, 2.05) is 18.2 Å². The molecule has 0 amide bonds. The molecule has 0 saturated carbocycles. The Morgan fingerprint density at radius 3 is 2.72 bits per heavy atom. The van der Waals surface area contributed by atoms with E-state index in [2.05, 4.69) is 29.5 Å². The highest BCUT2D eigenvalue weighted by Crippen LogP contribution is 2.32. The fraction of sp³-hybridized carbons (Fsp3) is 0.611. The van der Waals surface area contributed by atoms with Gasteiger partial charge in [0.1, 0.15) is 0 Å². The number of rotatable bonds is 10. The second-order valence-electron chi connectivity index (χ2n) is 5.63. The molecule has 1 aromatic rings. The quantitative estimate of drug-likeness (QED) is 0.241. The molecule has 0 fully saturated rings. The van der Waals surface area contributed by atoms with Gasteiger partial charge in [0, 0.05) is 26.3 Å². The third-order valence-electron chi connectivity index (χ3n) is 3.60. The van der Waals surface area contributed by atoms with Gasteiger partial charge in [-0.15, -0.1) is 24.0 Å². The molecule has 0 bridgehead atoms. The number of benzene rings is 1. The van der Waals surface area contributed by atoms with Gasteiger partial charge in [-0.05, 0) is 37.5 Å². The summed E-state index contributed by atoms with van der Waals surface area (Å²) in [6, 6.07) is 5.93. The Morgan fingerprint density at radius 2 is 1.92 bits per heavy atom. The zero-order valence-electron chi connectivity index (χ0n) is 15.2. The number of aliphatic imine (C=N–C) groups is 1. The van der Waals surface area contributed by atoms with Crippen molar-refractivity contribution in [3.05, 3.63) is 23.8 Å². The van der Waals surface area contributed by atoms with Gasteiger partial charge >= 0.3 is 0 Å². The van der Waals surface area contributed by atoms with E-state index in [0.717, 1.165) is 62.2 Å². The summed E-state index contributed by atoms with van der Waals surface area (Å²) in [5.41, 5.74) is 1.10. The van der Waals surface area contributed by atoms with Crippen LogP contribution in [0.5, 0.6) is 11.5 Å². The van der Waals surface area contributed by atoms with E-state index in [4.69, 9.17) is 14.2 Å². The van der Waals surface area contributed by atoms with Gasteiger partial charge < -0.3 is 24.8 Å². The molecule has 2 N–H and O–H groups in total. The Labute approximate surface area is 167 Å². The topological polar surface area (TPSA) is 64.1 Å². The van der Waals surface area contributed by atoms with Gasteiger partial charge in [-0.2, -0.15) is 0 Å². The predicted octanol–water partition coefficient (Wildman–Crippen LogP) is 3.30. The number of halogens is 1. The van der Waals surface area contributed by atoms with Crippen LogP contribution in [0.2, 0.25) is 0 Å². The van der Waals surface area contributed by atoms with Crippen LogP contribution in [0, 0.1) is 0 Å². The summed E-state index contributed by atoms with van der Waals surface area (Å²) in [6.45, 7) is 8.45. The van der Waals surface area contributed by atoms with E-state index in [1.54, 1.807) is 0 Å². The van der Waals surface area contributed by atoms with E-state index in [0.29, 0.717) is 13.3 Å². The summed E-state index contributed by atoms with van der Waals surface area (Å²) in [4.78, 5) is 4.61. The first kappa shape index (κ1) is 21.8. The van der Waals surface area contributed by atoms with Crippen LogP contribution in [0.3, 0.4) is 0 Å². The molecule has 0 aliphatic carbocycles. The monoisotopic (exact) mass is 463 g/mol. The first-order valence-corrected chi connectivity index (χ1v) is 8.82. The molecule has 0 saturated heterocycles. The average molecular weight is 463 g/mol. The minimum absolute atomic E-state index is 0. The van der Waals surface area contributed by atoms with E-state index in [1.165, 1.54) is 6.42 Å². The third kappa shape index (κ3) is 8.13. The molecule has 0 spiro atoms. The van der Waals surface area contributed by atoms with Gasteiger partial charge in [-0.3, -0.25) is 0 Å². The molecule has 1 aliphatic rings. The van der Waals surface area contributed by atoms with Crippen molar-refractivity contribution < 1.29 is 14.2 Å². The summed E-state index contributed by atoms with van der Waals surface area (Å²) in [5.74, 6) is 2.42. The van der Waals surface area contributed by atoms with Crippen molar-refractivity contribution >= 4 is 29.9 Å². The van der Waals surface area contributed by atoms with Crippen molar-refractivity contribution in [1.29, 1.82) is 0 Å². The van der Waals surface area contributed by atoms with Crippen LogP contribution in [0.4, 0.5) is 0 Å². The lowest BCUT2D eigenvalue weighted by Crippen LogP contribution is -2.38. The standard InChI is InChI=1S/C18H29N3O3.HI/c1-3-5-10-22-11-6-9-20-18(19-4-2)21-13-15-7-8-16-17(12-15)24-14-23-16;/h7-8,12H,3-6,9-11,13-14H2,1-2H3,(H2,19,20,21);1H. The lowest BCUT2D eigenvalue weighted by Gasteiger charge is -2.11. The van der Waals surface area contributed by atoms with Crippen LogP contribution in [0.1, 0.15) is 38.7 Å². The lowest BCUT2D eigenvalue weighted by atomic mass is 10.2. The van der Waals surface area contributed by atoms with Crippen molar-refractivity contribution in [1.82, 2.24) is 10.6 Å². The smallest absolute Gasteiger partial charge is 0.231 e. The molecule has 142 valence electrons. The number of guanidine groups is 1. The minimum atomic E-state index is 0. The van der Waals surface area contributed by atoms with Gasteiger partial charge in [0.05, 0.1) is 6.54 Å². The Balaban J connectivity index is 0.00000312. The van der Waals surface area contributed by atoms with Gasteiger partial charge in [-0.1, -0.05) is 19.4 Å². The molecule has 7 heteroatoms. The number of unbranched alkanes of at least 4 members (excludes halogenated alkanes) is 1. The molecule has 2 rings (SSSR count). The molecule has 25 heavy (non-hydrogen) atoms. The van der Waals surface area contributed by atoms with Crippen LogP contribution in [0.15, 0.2) is 23.2 Å². The van der Waals surface area contributed by atoms with Crippen LogP contribution >= 0.6 is 24.0 Å². The number of nitrogens with one attached hydrogen (secondary N) is 2. The first-order valence-electron chi connectivity index (χ1n) is 8.82. The van der Waals surface area contributed by atoms with Gasteiger partial charge in [0.2, 0.25) is 6.79 Å². The fourth-order valence-corrected chi connectivity index (χ4v) is 2.28. The zero-order valence-corrected chi connectivity index (χ0v) is 17.5. The number of fused-ring (bicyclic) bond motifs is 1. The maximum absolute atomic E-state index is 5.56. The van der Waals surface area contributed by atoms with Crippen LogP contribution in [-0.2, 0) is 11.3 Å². The first-order chi connectivity index (χ1) is 11.8. The van der Waals surface area contributed by atoms with Crippen molar-refractivity contribution in [2.75, 3.05) is 33.1 Å². The summed E-state index contributed by atoms with van der Waals surface area (Å²) >= 11 is 0. The summed E-state index contributed by atoms with van der Waals surface area (Å²) < 4.78 is 16.3. The van der Waals surface area contributed by atoms with Crippen LogP contribution < -0.4 is 20.1 Å². The normalized spacial score (nSPS) is 12.6. The van der Waals surface area contributed by atoms with Crippen molar-refractivity contribution in [3.8, 4) is 11.5 Å².